The summed E-state index contributed by atoms with van der Waals surface area (Å²) in [4.78, 5) is 12.0. The second-order valence-corrected chi connectivity index (χ2v) is 6.16. The van der Waals surface area contributed by atoms with Crippen LogP contribution in [0.5, 0.6) is 0 Å². The van der Waals surface area contributed by atoms with E-state index in [9.17, 15) is 4.79 Å². The zero-order valence-electron chi connectivity index (χ0n) is 12.7. The van der Waals surface area contributed by atoms with Gasteiger partial charge in [0.25, 0.3) is 0 Å². The van der Waals surface area contributed by atoms with Gasteiger partial charge >= 0.3 is 5.97 Å². The fraction of sp³-hybridized carbons (Fsp3) is 0.933. The molecule has 0 fully saturated rings. The van der Waals surface area contributed by atoms with Crippen LogP contribution in [0.4, 0.5) is 0 Å². The molecule has 0 spiro atoms. The first-order chi connectivity index (χ1) is 8.36. The molecule has 3 nitrogen and oxygen atoms in total. The Labute approximate surface area is 112 Å². The standard InChI is InChI=1S/C15H30O3/c1-6-8-12(3)9-13(7-2)14(17)18-11-15(4,5)10-16/h12-13,16H,6-11H2,1-5H3. The summed E-state index contributed by atoms with van der Waals surface area (Å²) in [6.45, 7) is 10.5. The van der Waals surface area contributed by atoms with Crippen LogP contribution in [-0.4, -0.2) is 24.3 Å². The Bertz CT molecular complexity index is 236. The molecule has 0 radical (unpaired) electrons. The highest BCUT2D eigenvalue weighted by Crippen LogP contribution is 2.22. The van der Waals surface area contributed by atoms with E-state index in [1.54, 1.807) is 0 Å². The molecule has 0 aliphatic carbocycles. The van der Waals surface area contributed by atoms with Gasteiger partial charge in [0.15, 0.2) is 0 Å². The molecule has 2 unspecified atom stereocenters. The maximum atomic E-state index is 12.0. The first kappa shape index (κ1) is 17.4. The fourth-order valence-corrected chi connectivity index (χ4v) is 1.96. The van der Waals surface area contributed by atoms with Crippen molar-refractivity contribution >= 4 is 5.97 Å². The Morgan fingerprint density at radius 1 is 1.33 bits per heavy atom. The van der Waals surface area contributed by atoms with Crippen molar-refractivity contribution in [1.29, 1.82) is 0 Å². The van der Waals surface area contributed by atoms with Crippen LogP contribution in [0.25, 0.3) is 0 Å². The van der Waals surface area contributed by atoms with Crippen molar-refractivity contribution in [1.82, 2.24) is 0 Å². The van der Waals surface area contributed by atoms with Gasteiger partial charge in [0.1, 0.15) is 0 Å². The predicted octanol–water partition coefficient (Wildman–Crippen LogP) is 3.40. The number of esters is 1. The van der Waals surface area contributed by atoms with Crippen LogP contribution in [-0.2, 0) is 9.53 Å². The van der Waals surface area contributed by atoms with Crippen molar-refractivity contribution in [2.45, 2.75) is 60.3 Å². The van der Waals surface area contributed by atoms with Crippen molar-refractivity contribution in [2.24, 2.45) is 17.3 Å². The van der Waals surface area contributed by atoms with Crippen molar-refractivity contribution < 1.29 is 14.6 Å². The van der Waals surface area contributed by atoms with Crippen LogP contribution in [0.3, 0.4) is 0 Å². The maximum Gasteiger partial charge on any atom is 0.308 e. The highest BCUT2D eigenvalue weighted by atomic mass is 16.5. The lowest BCUT2D eigenvalue weighted by atomic mass is 9.91. The highest BCUT2D eigenvalue weighted by Gasteiger charge is 2.24. The molecule has 3 heteroatoms. The quantitative estimate of drug-likeness (QED) is 0.645. The Balaban J connectivity index is 4.19. The highest BCUT2D eigenvalue weighted by molar-refractivity contribution is 5.72. The third kappa shape index (κ3) is 7.00. The van der Waals surface area contributed by atoms with Gasteiger partial charge in [-0.2, -0.15) is 0 Å². The first-order valence-corrected chi connectivity index (χ1v) is 7.13. The Kier molecular flexibility index (Phi) is 8.25. The molecule has 0 heterocycles. The average molecular weight is 258 g/mol. The molecule has 0 aromatic heterocycles. The van der Waals surface area contributed by atoms with Crippen LogP contribution in [0, 0.1) is 17.3 Å². The molecule has 2 atom stereocenters. The first-order valence-electron chi connectivity index (χ1n) is 7.13. The summed E-state index contributed by atoms with van der Waals surface area (Å²) < 4.78 is 5.33. The van der Waals surface area contributed by atoms with E-state index in [4.69, 9.17) is 9.84 Å². The molecule has 0 amide bonds. The number of aliphatic hydroxyl groups excluding tert-OH is 1. The third-order valence-corrected chi connectivity index (χ3v) is 3.33. The van der Waals surface area contributed by atoms with E-state index in [-0.39, 0.29) is 23.9 Å². The van der Waals surface area contributed by atoms with E-state index in [0.29, 0.717) is 12.5 Å². The van der Waals surface area contributed by atoms with Gasteiger partial charge in [-0.05, 0) is 18.8 Å². The molecule has 108 valence electrons. The summed E-state index contributed by atoms with van der Waals surface area (Å²) in [5.41, 5.74) is -0.344. The number of aliphatic hydroxyl groups is 1. The second-order valence-electron chi connectivity index (χ2n) is 6.16. The molecule has 0 aliphatic rings. The normalized spacial score (nSPS) is 15.2. The number of rotatable bonds is 9. The van der Waals surface area contributed by atoms with E-state index in [1.807, 2.05) is 20.8 Å². The minimum Gasteiger partial charge on any atom is -0.465 e. The van der Waals surface area contributed by atoms with Crippen LogP contribution >= 0.6 is 0 Å². The van der Waals surface area contributed by atoms with Gasteiger partial charge in [0, 0.05) is 5.41 Å². The van der Waals surface area contributed by atoms with Gasteiger partial charge in [-0.25, -0.2) is 0 Å². The van der Waals surface area contributed by atoms with Gasteiger partial charge in [-0.15, -0.1) is 0 Å². The van der Waals surface area contributed by atoms with Crippen LogP contribution in [0.1, 0.15) is 60.3 Å². The minimum atomic E-state index is -0.344. The summed E-state index contributed by atoms with van der Waals surface area (Å²) in [5, 5.41) is 9.13. The molecule has 0 rings (SSSR count). The average Bonchev–Trinajstić information content (AvgIpc) is 2.33. The monoisotopic (exact) mass is 258 g/mol. The zero-order chi connectivity index (χ0) is 14.2. The van der Waals surface area contributed by atoms with Gasteiger partial charge in [-0.3, -0.25) is 4.79 Å². The van der Waals surface area contributed by atoms with E-state index >= 15 is 0 Å². The van der Waals surface area contributed by atoms with E-state index in [2.05, 4.69) is 13.8 Å². The van der Waals surface area contributed by atoms with Gasteiger partial charge in [0.05, 0.1) is 19.1 Å². The number of ether oxygens (including phenoxy) is 1. The van der Waals surface area contributed by atoms with Gasteiger partial charge < -0.3 is 9.84 Å². The molecule has 0 saturated carbocycles. The van der Waals surface area contributed by atoms with Crippen molar-refractivity contribution in [3.8, 4) is 0 Å². The SMILES string of the molecule is CCCC(C)CC(CC)C(=O)OCC(C)(C)CO. The minimum absolute atomic E-state index is 0.000966. The number of hydrogen-bond donors (Lipinski definition) is 1. The smallest absolute Gasteiger partial charge is 0.308 e. The Morgan fingerprint density at radius 2 is 1.94 bits per heavy atom. The van der Waals surface area contributed by atoms with Crippen molar-refractivity contribution in [3.05, 3.63) is 0 Å². The van der Waals surface area contributed by atoms with Gasteiger partial charge in [0.2, 0.25) is 0 Å². The van der Waals surface area contributed by atoms with E-state index in [0.717, 1.165) is 25.7 Å². The predicted molar refractivity (Wildman–Crippen MR) is 74.3 cm³/mol. The largest absolute Gasteiger partial charge is 0.465 e. The van der Waals surface area contributed by atoms with Crippen molar-refractivity contribution in [3.63, 3.8) is 0 Å². The topological polar surface area (TPSA) is 46.5 Å². The Morgan fingerprint density at radius 3 is 2.39 bits per heavy atom. The summed E-state index contributed by atoms with van der Waals surface area (Å²) in [5.74, 6) is 0.460. The summed E-state index contributed by atoms with van der Waals surface area (Å²) >= 11 is 0. The second kappa shape index (κ2) is 8.52. The summed E-state index contributed by atoms with van der Waals surface area (Å²) in [6.07, 6.45) is 4.05. The molecule has 0 bridgehead atoms. The summed E-state index contributed by atoms with van der Waals surface area (Å²) in [7, 11) is 0. The Hall–Kier alpha value is -0.570. The molecule has 0 aromatic carbocycles. The molecule has 0 saturated heterocycles. The fourth-order valence-electron chi connectivity index (χ4n) is 1.96. The maximum absolute atomic E-state index is 12.0. The van der Waals surface area contributed by atoms with Crippen LogP contribution in [0.2, 0.25) is 0 Å². The van der Waals surface area contributed by atoms with Gasteiger partial charge in [-0.1, -0.05) is 47.5 Å². The summed E-state index contributed by atoms with van der Waals surface area (Å²) in [6, 6.07) is 0. The lowest BCUT2D eigenvalue weighted by Gasteiger charge is -2.24. The van der Waals surface area contributed by atoms with E-state index in [1.165, 1.54) is 0 Å². The molecule has 1 N–H and O–H groups in total. The van der Waals surface area contributed by atoms with Crippen molar-refractivity contribution in [2.75, 3.05) is 13.2 Å². The number of hydrogen-bond acceptors (Lipinski definition) is 3. The third-order valence-electron chi connectivity index (χ3n) is 3.33. The number of carbonyl (C=O) groups excluding carboxylic acids is 1. The van der Waals surface area contributed by atoms with E-state index < -0.39 is 0 Å². The molecule has 18 heavy (non-hydrogen) atoms. The van der Waals surface area contributed by atoms with Crippen LogP contribution < -0.4 is 0 Å². The molecule has 0 aliphatic heterocycles. The molecular weight excluding hydrogens is 228 g/mol. The lowest BCUT2D eigenvalue weighted by Crippen LogP contribution is -2.28. The molecular formula is C15H30O3. The zero-order valence-corrected chi connectivity index (χ0v) is 12.7. The van der Waals surface area contributed by atoms with Crippen LogP contribution in [0.15, 0.2) is 0 Å². The lowest BCUT2D eigenvalue weighted by molar-refractivity contribution is -0.153. The molecule has 0 aromatic rings. The number of carbonyl (C=O) groups is 1.